The third kappa shape index (κ3) is 42.6. The summed E-state index contributed by atoms with van der Waals surface area (Å²) < 4.78 is 33.9. The smallest absolute Gasteiger partial charge is 0.306 e. The fourth-order valence-corrected chi connectivity index (χ4v) is 7.62. The Hall–Kier alpha value is -0.990. The predicted octanol–water partition coefficient (Wildman–Crippen LogP) is 13.0. The summed E-state index contributed by atoms with van der Waals surface area (Å²) in [5.41, 5.74) is 0. The van der Waals surface area contributed by atoms with Gasteiger partial charge in [-0.25, -0.2) is 0 Å². The molecule has 0 spiro atoms. The molecule has 0 saturated heterocycles. The lowest BCUT2D eigenvalue weighted by molar-refractivity contribution is -0.870. The normalized spacial score (nSPS) is 13.5. The van der Waals surface area contributed by atoms with Crippen molar-refractivity contribution >= 4 is 19.8 Å². The first-order valence-electron chi connectivity index (χ1n) is 23.7. The third-order valence-corrected chi connectivity index (χ3v) is 11.6. The van der Waals surface area contributed by atoms with Crippen LogP contribution in [0, 0.1) is 0 Å². The first kappa shape index (κ1) is 55.0. The Morgan fingerprint density at radius 1 is 0.482 bits per heavy atom. The van der Waals surface area contributed by atoms with Crippen molar-refractivity contribution in [1.29, 1.82) is 0 Å². The highest BCUT2D eigenvalue weighted by Crippen LogP contribution is 2.38. The number of ether oxygens (including phenoxy) is 2. The molecular weight excluding hydrogens is 725 g/mol. The summed E-state index contributed by atoms with van der Waals surface area (Å²) in [5, 5.41) is 0. The summed E-state index contributed by atoms with van der Waals surface area (Å²) in [6, 6.07) is 0. The lowest BCUT2D eigenvalue weighted by Crippen LogP contribution is -2.37. The minimum atomic E-state index is -4.61. The molecular formula is C46H92NO8P. The quantitative estimate of drug-likeness (QED) is 0.0259. The Balaban J connectivity index is 4.16. The molecule has 56 heavy (non-hydrogen) atoms. The highest BCUT2D eigenvalue weighted by Gasteiger charge is 2.21. The van der Waals surface area contributed by atoms with Crippen molar-refractivity contribution in [1.82, 2.24) is 0 Å². The van der Waals surface area contributed by atoms with Crippen molar-refractivity contribution in [3.8, 4) is 0 Å². The Morgan fingerprint density at radius 3 is 1.14 bits per heavy atom. The summed E-state index contributed by atoms with van der Waals surface area (Å²) in [6.07, 6.45) is 40.0. The molecule has 0 saturated carbocycles. The van der Waals surface area contributed by atoms with Crippen molar-refractivity contribution < 1.29 is 42.1 Å². The monoisotopic (exact) mass is 818 g/mol. The number of hydrogen-bond donors (Lipinski definition) is 0. The second kappa shape index (κ2) is 39.5. The van der Waals surface area contributed by atoms with E-state index in [1.165, 1.54) is 167 Å². The second-order valence-electron chi connectivity index (χ2n) is 17.5. The van der Waals surface area contributed by atoms with Gasteiger partial charge in [0, 0.05) is 12.8 Å². The van der Waals surface area contributed by atoms with E-state index in [1.54, 1.807) is 0 Å². The van der Waals surface area contributed by atoms with Crippen LogP contribution < -0.4 is 4.89 Å². The van der Waals surface area contributed by atoms with E-state index < -0.39 is 26.5 Å². The summed E-state index contributed by atoms with van der Waals surface area (Å²) >= 11 is 0. The molecule has 10 heteroatoms. The number of carbonyl (C=O) groups excluding carboxylic acids is 2. The number of quaternary nitrogens is 1. The lowest BCUT2D eigenvalue weighted by Gasteiger charge is -2.28. The maximum atomic E-state index is 12.7. The Bertz CT molecular complexity index is 927. The van der Waals surface area contributed by atoms with Gasteiger partial charge in [-0.15, -0.1) is 0 Å². The molecule has 1 unspecified atom stereocenters. The van der Waals surface area contributed by atoms with E-state index in [0.29, 0.717) is 17.4 Å². The van der Waals surface area contributed by atoms with Crippen LogP contribution in [-0.4, -0.2) is 70.0 Å². The van der Waals surface area contributed by atoms with Crippen LogP contribution in [-0.2, 0) is 32.7 Å². The van der Waals surface area contributed by atoms with Crippen molar-refractivity contribution in [2.75, 3.05) is 47.5 Å². The standard InChI is InChI=1S/C46H92NO8P/c1-6-8-10-12-14-16-18-19-20-21-22-23-24-25-26-27-28-29-31-33-35-37-39-46(49)55-44(43-54-56(50,51)53-41-40-47(3,4)5)42-52-45(48)38-36-34-32-30-17-15-13-11-9-7-2/h44H,6-43H2,1-5H3/t44-/m1/s1. The van der Waals surface area contributed by atoms with E-state index >= 15 is 0 Å². The number of likely N-dealkylation sites (N-methyl/N-ethyl adjacent to an activating group) is 1. The number of unbranched alkanes of at least 4 members (excludes halogenated alkanes) is 30. The van der Waals surface area contributed by atoms with Gasteiger partial charge in [0.15, 0.2) is 6.10 Å². The van der Waals surface area contributed by atoms with Crippen LogP contribution in [0.25, 0.3) is 0 Å². The maximum Gasteiger partial charge on any atom is 0.306 e. The molecule has 0 aromatic rings. The van der Waals surface area contributed by atoms with E-state index in [1.807, 2.05) is 21.1 Å². The Kier molecular flexibility index (Phi) is 38.8. The molecule has 0 heterocycles. The van der Waals surface area contributed by atoms with Gasteiger partial charge < -0.3 is 27.9 Å². The van der Waals surface area contributed by atoms with E-state index in [4.69, 9.17) is 18.5 Å². The topological polar surface area (TPSA) is 111 Å². The van der Waals surface area contributed by atoms with Crippen LogP contribution in [0.3, 0.4) is 0 Å². The van der Waals surface area contributed by atoms with Crippen LogP contribution >= 0.6 is 7.82 Å². The van der Waals surface area contributed by atoms with Gasteiger partial charge in [-0.05, 0) is 12.8 Å². The van der Waals surface area contributed by atoms with Crippen molar-refractivity contribution in [3.63, 3.8) is 0 Å². The van der Waals surface area contributed by atoms with Gasteiger partial charge in [-0.3, -0.25) is 14.2 Å². The minimum absolute atomic E-state index is 0.0257. The highest BCUT2D eigenvalue weighted by atomic mass is 31.2. The van der Waals surface area contributed by atoms with Crippen molar-refractivity contribution in [2.24, 2.45) is 0 Å². The number of hydrogen-bond acceptors (Lipinski definition) is 8. The summed E-state index contributed by atoms with van der Waals surface area (Å²) in [4.78, 5) is 37.5. The predicted molar refractivity (Wildman–Crippen MR) is 232 cm³/mol. The molecule has 0 amide bonds. The molecule has 0 aromatic carbocycles. The summed E-state index contributed by atoms with van der Waals surface area (Å²) in [5.74, 6) is -0.820. The molecule has 0 aliphatic carbocycles. The van der Waals surface area contributed by atoms with E-state index in [-0.39, 0.29) is 32.0 Å². The SMILES string of the molecule is CCCCCCCCCCCCCCCCCCCCCCCCC(=O)O[C@H](COC(=O)CCCCCCCCCCCC)COP(=O)([O-])OCC[N+](C)(C)C. The molecule has 0 aliphatic heterocycles. The third-order valence-electron chi connectivity index (χ3n) is 10.6. The van der Waals surface area contributed by atoms with Crippen molar-refractivity contribution in [3.05, 3.63) is 0 Å². The van der Waals surface area contributed by atoms with Crippen LogP contribution in [0.1, 0.15) is 232 Å². The molecule has 0 rings (SSSR count). The van der Waals surface area contributed by atoms with E-state index in [0.717, 1.165) is 32.1 Å². The van der Waals surface area contributed by atoms with Gasteiger partial charge in [0.25, 0.3) is 7.82 Å². The molecule has 0 bridgehead atoms. The highest BCUT2D eigenvalue weighted by molar-refractivity contribution is 7.45. The van der Waals surface area contributed by atoms with E-state index in [9.17, 15) is 19.0 Å². The fraction of sp³-hybridized carbons (Fsp3) is 0.957. The van der Waals surface area contributed by atoms with Crippen LogP contribution in [0.5, 0.6) is 0 Å². The molecule has 0 aromatic heterocycles. The van der Waals surface area contributed by atoms with Gasteiger partial charge in [-0.1, -0.05) is 206 Å². The largest absolute Gasteiger partial charge is 0.756 e. The molecule has 334 valence electrons. The lowest BCUT2D eigenvalue weighted by atomic mass is 10.0. The summed E-state index contributed by atoms with van der Waals surface area (Å²) in [6.45, 7) is 4.25. The summed E-state index contributed by atoms with van der Waals surface area (Å²) in [7, 11) is 1.18. The van der Waals surface area contributed by atoms with Gasteiger partial charge in [-0.2, -0.15) is 0 Å². The number of nitrogens with zero attached hydrogens (tertiary/aromatic N) is 1. The molecule has 0 aliphatic rings. The molecule has 0 radical (unpaired) electrons. The molecule has 9 nitrogen and oxygen atoms in total. The molecule has 2 atom stereocenters. The van der Waals surface area contributed by atoms with Gasteiger partial charge in [0.2, 0.25) is 0 Å². The van der Waals surface area contributed by atoms with Gasteiger partial charge >= 0.3 is 11.9 Å². The molecule has 0 N–H and O–H groups in total. The van der Waals surface area contributed by atoms with Crippen LogP contribution in [0.15, 0.2) is 0 Å². The van der Waals surface area contributed by atoms with Crippen LogP contribution in [0.2, 0.25) is 0 Å². The van der Waals surface area contributed by atoms with E-state index in [2.05, 4.69) is 13.8 Å². The minimum Gasteiger partial charge on any atom is -0.756 e. The fourth-order valence-electron chi connectivity index (χ4n) is 6.89. The van der Waals surface area contributed by atoms with Crippen molar-refractivity contribution in [2.45, 2.75) is 238 Å². The number of esters is 2. The number of phosphoric acid groups is 1. The average Bonchev–Trinajstić information content (AvgIpc) is 3.15. The van der Waals surface area contributed by atoms with Gasteiger partial charge in [0.1, 0.15) is 19.8 Å². The average molecular weight is 818 g/mol. The zero-order valence-corrected chi connectivity index (χ0v) is 38.5. The number of phosphoric ester groups is 1. The maximum absolute atomic E-state index is 12.7. The Labute approximate surface area is 346 Å². The zero-order valence-electron chi connectivity index (χ0n) is 37.6. The van der Waals surface area contributed by atoms with Crippen LogP contribution in [0.4, 0.5) is 0 Å². The Morgan fingerprint density at radius 2 is 0.804 bits per heavy atom. The second-order valence-corrected chi connectivity index (χ2v) is 18.9. The number of rotatable bonds is 44. The first-order valence-corrected chi connectivity index (χ1v) is 25.2. The first-order chi connectivity index (χ1) is 27.0. The molecule has 0 fully saturated rings. The zero-order chi connectivity index (χ0) is 41.4. The number of carbonyl (C=O) groups is 2. The van der Waals surface area contributed by atoms with Gasteiger partial charge in [0.05, 0.1) is 27.7 Å².